The maximum absolute atomic E-state index is 13.7. The van der Waals surface area contributed by atoms with Crippen molar-refractivity contribution in [2.45, 2.75) is 0 Å². The molecule has 0 fully saturated rings. The molecule has 3 aromatic rings. The van der Waals surface area contributed by atoms with Gasteiger partial charge in [0, 0.05) is 11.8 Å². The molecule has 1 aliphatic heterocycles. The molecule has 1 aliphatic rings. The second kappa shape index (κ2) is 8.31. The summed E-state index contributed by atoms with van der Waals surface area (Å²) in [5.41, 5.74) is 1.53. The van der Waals surface area contributed by atoms with Crippen LogP contribution >= 0.6 is 0 Å². The summed E-state index contributed by atoms with van der Waals surface area (Å²) in [6.07, 6.45) is 0. The Morgan fingerprint density at radius 1 is 0.806 bits per heavy atom. The monoisotopic (exact) mass is 418 g/mol. The quantitative estimate of drug-likeness (QED) is 0.607. The van der Waals surface area contributed by atoms with Crippen LogP contribution < -0.4 is 19.7 Å². The van der Waals surface area contributed by atoms with Crippen molar-refractivity contribution in [2.24, 2.45) is 0 Å². The van der Waals surface area contributed by atoms with Crippen molar-refractivity contribution in [3.8, 4) is 11.5 Å². The molecule has 1 N–H and O–H groups in total. The van der Waals surface area contributed by atoms with Crippen LogP contribution in [0.1, 0.15) is 5.56 Å². The second-order valence-corrected chi connectivity index (χ2v) is 6.74. The maximum atomic E-state index is 13.7. The van der Waals surface area contributed by atoms with E-state index in [4.69, 9.17) is 9.47 Å². The molecular formula is C24H19FN2O4. The van der Waals surface area contributed by atoms with E-state index in [0.717, 1.165) is 4.90 Å². The highest BCUT2D eigenvalue weighted by Gasteiger charge is 2.40. The van der Waals surface area contributed by atoms with E-state index in [2.05, 4.69) is 5.32 Å². The molecular weight excluding hydrogens is 399 g/mol. The predicted octanol–water partition coefficient (Wildman–Crippen LogP) is 4.24. The van der Waals surface area contributed by atoms with Crippen LogP contribution in [0.25, 0.3) is 5.57 Å². The van der Waals surface area contributed by atoms with Gasteiger partial charge in [0.1, 0.15) is 11.5 Å². The van der Waals surface area contributed by atoms with Crippen LogP contribution in [-0.2, 0) is 9.59 Å². The zero-order valence-corrected chi connectivity index (χ0v) is 16.9. The topological polar surface area (TPSA) is 67.9 Å². The Morgan fingerprint density at radius 3 is 2.23 bits per heavy atom. The van der Waals surface area contributed by atoms with Gasteiger partial charge >= 0.3 is 0 Å². The number of carbonyl (C=O) groups excluding carboxylic acids is 2. The number of carbonyl (C=O) groups is 2. The number of imide groups is 1. The molecule has 0 aliphatic carbocycles. The number of halogens is 1. The Kier molecular flexibility index (Phi) is 5.41. The summed E-state index contributed by atoms with van der Waals surface area (Å²) < 4.78 is 24.2. The van der Waals surface area contributed by atoms with E-state index in [1.807, 2.05) is 6.07 Å². The molecule has 0 radical (unpaired) electrons. The summed E-state index contributed by atoms with van der Waals surface area (Å²) in [6, 6.07) is 19.3. The van der Waals surface area contributed by atoms with E-state index < -0.39 is 17.6 Å². The van der Waals surface area contributed by atoms with Crippen LogP contribution in [0.15, 0.2) is 78.5 Å². The molecule has 0 atom stereocenters. The maximum Gasteiger partial charge on any atom is 0.282 e. The summed E-state index contributed by atoms with van der Waals surface area (Å²) in [5, 5.41) is 2.93. The number of nitrogens with one attached hydrogen (secondary N) is 1. The van der Waals surface area contributed by atoms with Crippen molar-refractivity contribution >= 4 is 28.8 Å². The summed E-state index contributed by atoms with van der Waals surface area (Å²) in [5.74, 6) is -0.656. The fourth-order valence-electron chi connectivity index (χ4n) is 3.43. The first-order chi connectivity index (χ1) is 15.0. The summed E-state index contributed by atoms with van der Waals surface area (Å²) in [4.78, 5) is 27.8. The summed E-state index contributed by atoms with van der Waals surface area (Å²) >= 11 is 0. The van der Waals surface area contributed by atoms with Gasteiger partial charge in [-0.15, -0.1) is 0 Å². The Hall–Kier alpha value is -4.13. The molecule has 31 heavy (non-hydrogen) atoms. The van der Waals surface area contributed by atoms with Crippen LogP contribution in [-0.4, -0.2) is 26.0 Å². The summed E-state index contributed by atoms with van der Waals surface area (Å²) in [6.45, 7) is 0. The lowest BCUT2D eigenvalue weighted by Crippen LogP contribution is -2.32. The molecule has 7 heteroatoms. The largest absolute Gasteiger partial charge is 0.493 e. The average molecular weight is 418 g/mol. The first-order valence-electron chi connectivity index (χ1n) is 9.46. The lowest BCUT2D eigenvalue weighted by atomic mass is 10.0. The van der Waals surface area contributed by atoms with Crippen molar-refractivity contribution in [1.29, 1.82) is 0 Å². The standard InChI is InChI=1S/C24H19FN2O4/c1-30-19-12-11-18(14-20(19)31-2)27-23(28)21(15-7-4-3-5-8-15)22(24(27)29)26-17-10-6-9-16(25)13-17/h3-14,26H,1-2H3. The normalized spacial score (nSPS) is 13.6. The number of nitrogens with zero attached hydrogens (tertiary/aromatic N) is 1. The third kappa shape index (κ3) is 3.73. The number of hydrogen-bond acceptors (Lipinski definition) is 5. The van der Waals surface area contributed by atoms with Gasteiger partial charge in [0.15, 0.2) is 11.5 Å². The number of benzene rings is 3. The molecule has 6 nitrogen and oxygen atoms in total. The SMILES string of the molecule is COc1ccc(N2C(=O)C(Nc3cccc(F)c3)=C(c3ccccc3)C2=O)cc1OC. The van der Waals surface area contributed by atoms with Crippen molar-refractivity contribution < 1.29 is 23.5 Å². The zero-order valence-electron chi connectivity index (χ0n) is 16.9. The van der Waals surface area contributed by atoms with Crippen molar-refractivity contribution in [1.82, 2.24) is 0 Å². The Morgan fingerprint density at radius 2 is 1.55 bits per heavy atom. The minimum Gasteiger partial charge on any atom is -0.493 e. The Balaban J connectivity index is 1.81. The van der Waals surface area contributed by atoms with E-state index in [1.54, 1.807) is 48.5 Å². The van der Waals surface area contributed by atoms with Crippen LogP contribution in [0.3, 0.4) is 0 Å². The lowest BCUT2D eigenvalue weighted by molar-refractivity contribution is -0.120. The number of hydrogen-bond donors (Lipinski definition) is 1. The molecule has 0 spiro atoms. The first kappa shape index (κ1) is 20.2. The smallest absolute Gasteiger partial charge is 0.282 e. The van der Waals surface area contributed by atoms with Gasteiger partial charge in [-0.25, -0.2) is 9.29 Å². The predicted molar refractivity (Wildman–Crippen MR) is 115 cm³/mol. The summed E-state index contributed by atoms with van der Waals surface area (Å²) in [7, 11) is 2.97. The van der Waals surface area contributed by atoms with E-state index in [1.165, 1.54) is 32.4 Å². The van der Waals surface area contributed by atoms with E-state index in [-0.39, 0.29) is 11.3 Å². The van der Waals surface area contributed by atoms with E-state index in [9.17, 15) is 14.0 Å². The number of methoxy groups -OCH3 is 2. The Bertz CT molecular complexity index is 1190. The van der Waals surface area contributed by atoms with E-state index in [0.29, 0.717) is 28.4 Å². The van der Waals surface area contributed by atoms with E-state index >= 15 is 0 Å². The number of rotatable bonds is 6. The van der Waals surface area contributed by atoms with Gasteiger partial charge in [-0.05, 0) is 35.9 Å². The third-order valence-corrected chi connectivity index (χ3v) is 4.87. The molecule has 0 aromatic heterocycles. The van der Waals surface area contributed by atoms with Gasteiger partial charge in [0.25, 0.3) is 11.8 Å². The van der Waals surface area contributed by atoms with Crippen LogP contribution in [0.5, 0.6) is 11.5 Å². The van der Waals surface area contributed by atoms with Crippen molar-refractivity contribution in [3.05, 3.63) is 89.9 Å². The van der Waals surface area contributed by atoms with Gasteiger partial charge in [0.2, 0.25) is 0 Å². The highest BCUT2D eigenvalue weighted by Crippen LogP contribution is 2.37. The minimum atomic E-state index is -0.555. The number of ether oxygens (including phenoxy) is 2. The van der Waals surface area contributed by atoms with Crippen molar-refractivity contribution in [3.63, 3.8) is 0 Å². The average Bonchev–Trinajstić information content (AvgIpc) is 3.03. The van der Waals surface area contributed by atoms with Crippen LogP contribution in [0.4, 0.5) is 15.8 Å². The van der Waals surface area contributed by atoms with Gasteiger partial charge in [0.05, 0.1) is 25.5 Å². The minimum absolute atomic E-state index is 0.0663. The van der Waals surface area contributed by atoms with Gasteiger partial charge in [-0.1, -0.05) is 36.4 Å². The highest BCUT2D eigenvalue weighted by molar-refractivity contribution is 6.46. The van der Waals surface area contributed by atoms with Gasteiger partial charge in [-0.3, -0.25) is 9.59 Å². The van der Waals surface area contributed by atoms with Gasteiger partial charge in [-0.2, -0.15) is 0 Å². The number of amides is 2. The second-order valence-electron chi connectivity index (χ2n) is 6.74. The Labute approximate surface area is 178 Å². The molecule has 0 unspecified atom stereocenters. The van der Waals surface area contributed by atoms with Gasteiger partial charge < -0.3 is 14.8 Å². The fourth-order valence-corrected chi connectivity index (χ4v) is 3.43. The molecule has 3 aromatic carbocycles. The molecule has 2 amide bonds. The molecule has 0 saturated carbocycles. The molecule has 156 valence electrons. The lowest BCUT2D eigenvalue weighted by Gasteiger charge is -2.17. The van der Waals surface area contributed by atoms with Crippen molar-refractivity contribution in [2.75, 3.05) is 24.4 Å². The van der Waals surface area contributed by atoms with Crippen LogP contribution in [0.2, 0.25) is 0 Å². The first-order valence-corrected chi connectivity index (χ1v) is 9.46. The fraction of sp³-hybridized carbons (Fsp3) is 0.0833. The molecule has 0 bridgehead atoms. The molecule has 0 saturated heterocycles. The van der Waals surface area contributed by atoms with Crippen LogP contribution in [0, 0.1) is 5.82 Å². The highest BCUT2D eigenvalue weighted by atomic mass is 19.1. The molecule has 4 rings (SSSR count). The molecule has 1 heterocycles. The third-order valence-electron chi connectivity index (χ3n) is 4.87. The zero-order chi connectivity index (χ0) is 22.0. The number of anilines is 2.